The molecule has 0 spiro atoms. The van der Waals surface area contributed by atoms with Crippen LogP contribution in [-0.4, -0.2) is 40.7 Å². The lowest BCUT2D eigenvalue weighted by atomic mass is 9.95. The predicted molar refractivity (Wildman–Crippen MR) is 141 cm³/mol. The second kappa shape index (κ2) is 11.5. The Hall–Kier alpha value is -2.88. The number of hydrogen-bond donors (Lipinski definition) is 1. The fourth-order valence-electron chi connectivity index (χ4n) is 3.86. The molecule has 0 saturated heterocycles. The van der Waals surface area contributed by atoms with E-state index in [4.69, 9.17) is 37.4 Å². The Morgan fingerprint density at radius 1 is 1.17 bits per heavy atom. The van der Waals surface area contributed by atoms with E-state index in [1.54, 1.807) is 47.8 Å². The lowest BCUT2D eigenvalue weighted by molar-refractivity contribution is -0.136. The van der Waals surface area contributed by atoms with Gasteiger partial charge in [-0.15, -0.1) is 5.10 Å². The number of esters is 1. The summed E-state index contributed by atoms with van der Waals surface area (Å²) >= 11 is 14.1. The van der Waals surface area contributed by atoms with Crippen LogP contribution in [-0.2, 0) is 16.1 Å². The van der Waals surface area contributed by atoms with E-state index in [9.17, 15) is 4.79 Å². The third-order valence-corrected chi connectivity index (χ3v) is 7.36. The summed E-state index contributed by atoms with van der Waals surface area (Å²) in [6.45, 7) is 4.08. The number of thioether (sulfide) groups is 1. The Kier molecular flexibility index (Phi) is 8.33. The molecular formula is C25H26Cl2N4O4S. The number of fused-ring (bicyclic) bond motifs is 1. The lowest BCUT2D eigenvalue weighted by Crippen LogP contribution is -2.29. The third-order valence-electron chi connectivity index (χ3n) is 5.61. The highest BCUT2D eigenvalue weighted by atomic mass is 35.5. The largest absolute Gasteiger partial charge is 0.493 e. The minimum absolute atomic E-state index is 0.166. The van der Waals surface area contributed by atoms with Crippen molar-refractivity contribution in [3.05, 3.63) is 68.8 Å². The van der Waals surface area contributed by atoms with Gasteiger partial charge in [0.05, 0.1) is 19.8 Å². The summed E-state index contributed by atoms with van der Waals surface area (Å²) in [6, 6.07) is 10.2. The molecule has 1 unspecified atom stereocenters. The number of rotatable bonds is 9. The first kappa shape index (κ1) is 26.2. The van der Waals surface area contributed by atoms with Crippen LogP contribution in [0.25, 0.3) is 0 Å². The fraction of sp³-hybridized carbons (Fsp3) is 0.320. The van der Waals surface area contributed by atoms with Crippen molar-refractivity contribution >= 4 is 46.9 Å². The van der Waals surface area contributed by atoms with Crippen molar-refractivity contribution in [3.63, 3.8) is 0 Å². The maximum atomic E-state index is 12.8. The smallest absolute Gasteiger partial charge is 0.338 e. The fourth-order valence-corrected chi connectivity index (χ4v) is 5.05. The van der Waals surface area contributed by atoms with Crippen LogP contribution in [0.1, 0.15) is 37.4 Å². The van der Waals surface area contributed by atoms with Gasteiger partial charge >= 0.3 is 5.97 Å². The van der Waals surface area contributed by atoms with E-state index in [0.29, 0.717) is 49.5 Å². The minimum Gasteiger partial charge on any atom is -0.493 e. The van der Waals surface area contributed by atoms with Crippen LogP contribution < -0.4 is 14.8 Å². The number of hydrogen-bond acceptors (Lipinski definition) is 8. The summed E-state index contributed by atoms with van der Waals surface area (Å²) in [4.78, 5) is 17.4. The van der Waals surface area contributed by atoms with Gasteiger partial charge in [0.25, 0.3) is 0 Å². The molecule has 4 rings (SSSR count). The highest BCUT2D eigenvalue weighted by Gasteiger charge is 2.35. The molecule has 2 heterocycles. The number of nitrogens with one attached hydrogen (secondary N) is 1. The number of carbonyl (C=O) groups is 1. The maximum Gasteiger partial charge on any atom is 0.338 e. The van der Waals surface area contributed by atoms with Gasteiger partial charge in [-0.2, -0.15) is 4.98 Å². The summed E-state index contributed by atoms with van der Waals surface area (Å²) in [6.07, 6.45) is 0.994. The van der Waals surface area contributed by atoms with Crippen LogP contribution in [0.4, 0.5) is 5.95 Å². The molecule has 3 aromatic rings. The molecule has 11 heteroatoms. The molecule has 190 valence electrons. The van der Waals surface area contributed by atoms with Crippen molar-refractivity contribution in [2.45, 2.75) is 38.1 Å². The molecule has 0 amide bonds. The maximum absolute atomic E-state index is 12.8. The van der Waals surface area contributed by atoms with Crippen LogP contribution in [0.5, 0.6) is 11.5 Å². The topological polar surface area (TPSA) is 87.5 Å². The molecule has 1 atom stereocenters. The summed E-state index contributed by atoms with van der Waals surface area (Å²) in [5.74, 6) is 1.97. The molecule has 0 saturated carbocycles. The molecular weight excluding hydrogens is 523 g/mol. The second-order valence-corrected chi connectivity index (χ2v) is 9.84. The summed E-state index contributed by atoms with van der Waals surface area (Å²) in [5.41, 5.74) is 2.52. The first-order valence-corrected chi connectivity index (χ1v) is 13.0. The monoisotopic (exact) mass is 548 g/mol. The van der Waals surface area contributed by atoms with E-state index in [0.717, 1.165) is 17.7 Å². The van der Waals surface area contributed by atoms with E-state index >= 15 is 0 Å². The first-order chi connectivity index (χ1) is 17.4. The van der Waals surface area contributed by atoms with Crippen LogP contribution in [0, 0.1) is 0 Å². The number of aromatic nitrogens is 3. The molecule has 36 heavy (non-hydrogen) atoms. The molecule has 0 aliphatic carbocycles. The quantitative estimate of drug-likeness (QED) is 0.252. The second-order valence-electron chi connectivity index (χ2n) is 7.97. The van der Waals surface area contributed by atoms with E-state index in [2.05, 4.69) is 22.3 Å². The predicted octanol–water partition coefficient (Wildman–Crippen LogP) is 6.14. The Morgan fingerprint density at radius 3 is 2.58 bits per heavy atom. The van der Waals surface area contributed by atoms with Crippen molar-refractivity contribution < 1.29 is 19.0 Å². The van der Waals surface area contributed by atoms with Gasteiger partial charge in [-0.3, -0.25) is 0 Å². The van der Waals surface area contributed by atoms with Gasteiger partial charge < -0.3 is 19.5 Å². The molecule has 1 N–H and O–H groups in total. The van der Waals surface area contributed by atoms with Crippen LogP contribution in [0.2, 0.25) is 10.0 Å². The lowest BCUT2D eigenvalue weighted by Gasteiger charge is -2.28. The van der Waals surface area contributed by atoms with Gasteiger partial charge in [-0.05, 0) is 43.2 Å². The Bertz CT molecular complexity index is 1290. The standard InChI is InChI=1S/C25H26Cl2N4O4S/c1-5-11-36-25-29-24-28-14(2)21(23(32)34-4)22(31(24)30-25)15-9-10-19(20(12-15)33-3)35-13-16-17(26)7-6-8-18(16)27/h6-10,12,22H,5,11,13H2,1-4H3,(H,28,29,30). The zero-order chi connectivity index (χ0) is 25.8. The van der Waals surface area contributed by atoms with E-state index in [1.165, 1.54) is 7.11 Å². The highest BCUT2D eigenvalue weighted by molar-refractivity contribution is 7.99. The first-order valence-electron chi connectivity index (χ1n) is 11.3. The van der Waals surface area contributed by atoms with Crippen LogP contribution in [0.3, 0.4) is 0 Å². The zero-order valence-corrected chi connectivity index (χ0v) is 22.6. The molecule has 1 aliphatic heterocycles. The van der Waals surface area contributed by atoms with Crippen molar-refractivity contribution in [1.29, 1.82) is 0 Å². The number of nitrogens with zero attached hydrogens (tertiary/aromatic N) is 3. The number of anilines is 1. The molecule has 0 fully saturated rings. The van der Waals surface area contributed by atoms with Gasteiger partial charge in [0, 0.05) is 27.1 Å². The number of halogens is 2. The molecule has 2 aromatic carbocycles. The zero-order valence-electron chi connectivity index (χ0n) is 20.3. The third kappa shape index (κ3) is 5.28. The summed E-state index contributed by atoms with van der Waals surface area (Å²) in [5, 5.41) is 9.54. The number of carbonyl (C=O) groups excluding carboxylic acids is 1. The van der Waals surface area contributed by atoms with E-state index in [-0.39, 0.29) is 6.61 Å². The SMILES string of the molecule is CCCSc1nc2n(n1)C(c1ccc(OCc3c(Cl)cccc3Cl)c(OC)c1)C(C(=O)OC)=C(C)N2. The van der Waals surface area contributed by atoms with E-state index < -0.39 is 12.0 Å². The van der Waals surface area contributed by atoms with Crippen LogP contribution in [0.15, 0.2) is 52.8 Å². The number of allylic oxidation sites excluding steroid dienone is 1. The Morgan fingerprint density at radius 2 is 1.92 bits per heavy atom. The van der Waals surface area contributed by atoms with Crippen LogP contribution >= 0.6 is 35.0 Å². The van der Waals surface area contributed by atoms with E-state index in [1.807, 2.05) is 19.1 Å². The molecule has 1 aromatic heterocycles. The van der Waals surface area contributed by atoms with Gasteiger partial charge in [0.1, 0.15) is 12.6 Å². The van der Waals surface area contributed by atoms with Crippen molar-refractivity contribution in [3.8, 4) is 11.5 Å². The molecule has 8 nitrogen and oxygen atoms in total. The van der Waals surface area contributed by atoms with Crippen molar-refractivity contribution in [1.82, 2.24) is 14.8 Å². The summed E-state index contributed by atoms with van der Waals surface area (Å²) < 4.78 is 18.4. The number of ether oxygens (including phenoxy) is 3. The normalized spacial score (nSPS) is 14.8. The number of methoxy groups -OCH3 is 2. The molecule has 0 radical (unpaired) electrons. The van der Waals surface area contributed by atoms with Crippen molar-refractivity contribution in [2.24, 2.45) is 0 Å². The Labute approximate surface area is 223 Å². The highest BCUT2D eigenvalue weighted by Crippen LogP contribution is 2.40. The minimum atomic E-state index is -0.571. The van der Waals surface area contributed by atoms with Gasteiger partial charge in [0.15, 0.2) is 11.5 Å². The van der Waals surface area contributed by atoms with Crippen molar-refractivity contribution in [2.75, 3.05) is 25.3 Å². The summed E-state index contributed by atoms with van der Waals surface area (Å²) in [7, 11) is 2.91. The average Bonchev–Trinajstić information content (AvgIpc) is 3.28. The van der Waals surface area contributed by atoms with Gasteiger partial charge in [-0.25, -0.2) is 9.48 Å². The molecule has 0 bridgehead atoms. The Balaban J connectivity index is 1.71. The average molecular weight is 549 g/mol. The van der Waals surface area contributed by atoms with Gasteiger partial charge in [-0.1, -0.05) is 54.0 Å². The molecule has 1 aliphatic rings. The number of benzene rings is 2. The van der Waals surface area contributed by atoms with Gasteiger partial charge in [0.2, 0.25) is 11.1 Å².